The third-order valence-corrected chi connectivity index (χ3v) is 14.2. The highest BCUT2D eigenvalue weighted by Gasteiger charge is 2.30. The van der Waals surface area contributed by atoms with Crippen LogP contribution in [0, 0.1) is 44.9 Å². The number of carbonyl (C=O) groups excluding carboxylic acids is 3. The van der Waals surface area contributed by atoms with Gasteiger partial charge in [-0.15, -0.1) is 0 Å². The van der Waals surface area contributed by atoms with Gasteiger partial charge in [-0.1, -0.05) is 52.7 Å². The molecule has 2 unspecified atom stereocenters. The highest BCUT2D eigenvalue weighted by atomic mass is 16.6. The fourth-order valence-electron chi connectivity index (χ4n) is 9.74. The van der Waals surface area contributed by atoms with Gasteiger partial charge in [-0.05, 0) is 184 Å². The zero-order valence-corrected chi connectivity index (χ0v) is 47.5. The molecule has 0 bridgehead atoms. The summed E-state index contributed by atoms with van der Waals surface area (Å²) in [6.07, 6.45) is 9.81. The molecule has 77 heavy (non-hydrogen) atoms. The molecule has 19 nitrogen and oxygen atoms in total. The number of amides is 3. The highest BCUT2D eigenvalue weighted by Crippen LogP contribution is 2.38. The van der Waals surface area contributed by atoms with Crippen LogP contribution in [-0.4, -0.2) is 119 Å². The molecule has 6 rings (SSSR count). The summed E-state index contributed by atoms with van der Waals surface area (Å²) in [5.41, 5.74) is 8.08. The summed E-state index contributed by atoms with van der Waals surface area (Å²) in [6.45, 7) is 17.3. The number of hydrogen-bond donors (Lipinski definition) is 9. The van der Waals surface area contributed by atoms with Crippen molar-refractivity contribution in [3.8, 4) is 17.2 Å². The number of hydrogen-bond acceptors (Lipinski definition) is 10. The third kappa shape index (κ3) is 28.8. The van der Waals surface area contributed by atoms with E-state index in [1.807, 2.05) is 76.2 Å². The molecule has 3 aromatic rings. The lowest BCUT2D eigenvalue weighted by Crippen LogP contribution is -2.41. The van der Waals surface area contributed by atoms with Crippen molar-refractivity contribution in [2.75, 3.05) is 28.4 Å². The van der Waals surface area contributed by atoms with Crippen molar-refractivity contribution in [1.29, 1.82) is 0 Å². The fraction of sp³-hybridized carbons (Fsp3) is 0.586. The van der Waals surface area contributed by atoms with E-state index in [1.165, 1.54) is 32.1 Å². The average molecular weight is 1080 g/mol. The van der Waals surface area contributed by atoms with E-state index in [-0.39, 0.29) is 17.7 Å². The fourth-order valence-corrected chi connectivity index (χ4v) is 9.74. The van der Waals surface area contributed by atoms with E-state index in [9.17, 15) is 14.4 Å². The molecule has 3 amide bonds. The van der Waals surface area contributed by atoms with Crippen molar-refractivity contribution < 1.29 is 78.4 Å². The van der Waals surface area contributed by atoms with Gasteiger partial charge in [-0.25, -0.2) is 14.4 Å². The van der Waals surface area contributed by atoms with Crippen LogP contribution in [0.5, 0.6) is 17.2 Å². The number of carbonyl (C=O) groups is 6. The first-order chi connectivity index (χ1) is 36.1. The molecule has 3 aromatic carbocycles. The second kappa shape index (κ2) is 35.5. The lowest BCUT2D eigenvalue weighted by Gasteiger charge is -2.37. The Labute approximate surface area is 455 Å². The van der Waals surface area contributed by atoms with Crippen molar-refractivity contribution in [3.63, 3.8) is 0 Å². The Morgan fingerprint density at radius 1 is 0.494 bits per heavy atom. The van der Waals surface area contributed by atoms with Gasteiger partial charge in [-0.3, -0.25) is 14.4 Å². The zero-order valence-electron chi connectivity index (χ0n) is 47.5. The van der Waals surface area contributed by atoms with Crippen LogP contribution < -0.4 is 30.2 Å². The number of benzene rings is 3. The van der Waals surface area contributed by atoms with Crippen molar-refractivity contribution in [2.45, 2.75) is 176 Å². The first kappa shape index (κ1) is 68.3. The number of carboxylic acid groups (broad SMARTS) is 6. The number of rotatable bonds is 13. The van der Waals surface area contributed by atoms with Crippen molar-refractivity contribution in [2.24, 2.45) is 17.3 Å². The largest absolute Gasteiger partial charge is 0.503 e. The second-order valence-corrected chi connectivity index (χ2v) is 20.9. The van der Waals surface area contributed by atoms with E-state index < -0.39 is 18.5 Å². The monoisotopic (exact) mass is 1080 g/mol. The molecule has 3 saturated carbocycles. The van der Waals surface area contributed by atoms with Crippen LogP contribution in [0.15, 0.2) is 48.5 Å². The molecule has 0 spiro atoms. The van der Waals surface area contributed by atoms with Crippen LogP contribution >= 0.6 is 0 Å². The molecule has 0 heterocycles. The van der Waals surface area contributed by atoms with Gasteiger partial charge in [-0.2, -0.15) is 0 Å². The Morgan fingerprint density at radius 3 is 1.21 bits per heavy atom. The SMILES string of the molecule is COc1cc(C)c(CC(=O)NC2CCCCC2C)c(C)c1.COc1ccc(CC(=O)NC2CCC(C(C)(C)C)CC2)c(C)c1.COc1ccc(CC(=O)NC2CCC(OC)CC2)c(C)c1.O=C(O)O.O=C(O)O.O=C(O)O. The van der Waals surface area contributed by atoms with E-state index in [0.29, 0.717) is 54.8 Å². The van der Waals surface area contributed by atoms with Gasteiger partial charge < -0.3 is 65.5 Å². The molecule has 0 aromatic heterocycles. The minimum absolute atomic E-state index is 0.101. The molecule has 3 aliphatic rings. The minimum atomic E-state index is -1.83. The van der Waals surface area contributed by atoms with Crippen molar-refractivity contribution in [1.82, 2.24) is 16.0 Å². The van der Waals surface area contributed by atoms with Gasteiger partial charge in [0.15, 0.2) is 0 Å². The normalized spacial score (nSPS) is 19.4. The highest BCUT2D eigenvalue weighted by molar-refractivity contribution is 5.80. The molecule has 9 N–H and O–H groups in total. The Hall–Kier alpha value is -6.76. The summed E-state index contributed by atoms with van der Waals surface area (Å²) in [7, 11) is 6.74. The second-order valence-electron chi connectivity index (χ2n) is 20.9. The smallest absolute Gasteiger partial charge is 0.497 e. The van der Waals surface area contributed by atoms with Crippen molar-refractivity contribution in [3.05, 3.63) is 87.5 Å². The van der Waals surface area contributed by atoms with Crippen molar-refractivity contribution >= 4 is 36.2 Å². The van der Waals surface area contributed by atoms with Crippen LogP contribution in [0.1, 0.15) is 144 Å². The predicted octanol–water partition coefficient (Wildman–Crippen LogP) is 11.1. The minimum Gasteiger partial charge on any atom is -0.497 e. The lowest BCUT2D eigenvalue weighted by atomic mass is 9.71. The Balaban J connectivity index is 0.000000521. The van der Waals surface area contributed by atoms with Crippen LogP contribution in [0.3, 0.4) is 0 Å². The number of aryl methyl sites for hydroxylation is 4. The van der Waals surface area contributed by atoms with Gasteiger partial charge in [0.25, 0.3) is 0 Å². The zero-order chi connectivity index (χ0) is 58.4. The molecule has 19 heteroatoms. The van der Waals surface area contributed by atoms with Gasteiger partial charge in [0.1, 0.15) is 17.2 Å². The third-order valence-electron chi connectivity index (χ3n) is 14.2. The maximum Gasteiger partial charge on any atom is 0.503 e. The summed E-state index contributed by atoms with van der Waals surface area (Å²) in [5.74, 6) is 4.28. The van der Waals surface area contributed by atoms with E-state index in [2.05, 4.69) is 43.6 Å². The van der Waals surface area contributed by atoms with Gasteiger partial charge in [0.05, 0.1) is 46.7 Å². The first-order valence-electron chi connectivity index (χ1n) is 26.2. The maximum atomic E-state index is 12.3. The molecule has 0 saturated heterocycles. The molecule has 2 atom stereocenters. The summed E-state index contributed by atoms with van der Waals surface area (Å²) in [5, 5.41) is 51.4. The van der Waals surface area contributed by atoms with E-state index in [1.54, 1.807) is 28.4 Å². The Kier molecular flexibility index (Phi) is 31.5. The summed E-state index contributed by atoms with van der Waals surface area (Å²) in [6, 6.07) is 16.7. The number of methoxy groups -OCH3 is 4. The van der Waals surface area contributed by atoms with E-state index >= 15 is 0 Å². The molecular weight excluding hydrogens is 995 g/mol. The molecular formula is C58H89N3O16. The topological polar surface area (TPSA) is 297 Å². The Bertz CT molecular complexity index is 2240. The number of nitrogens with one attached hydrogen (secondary N) is 3. The van der Waals surface area contributed by atoms with Crippen LogP contribution in [-0.2, 0) is 38.4 Å². The summed E-state index contributed by atoms with van der Waals surface area (Å²) >= 11 is 0. The van der Waals surface area contributed by atoms with Crippen LogP contribution in [0.2, 0.25) is 0 Å². The van der Waals surface area contributed by atoms with Crippen LogP contribution in [0.4, 0.5) is 14.4 Å². The average Bonchev–Trinajstić information content (AvgIpc) is 3.34. The summed E-state index contributed by atoms with van der Waals surface area (Å²) in [4.78, 5) is 62.5. The standard InChI is InChI=1S/C20H31NO2.C18H27NO2.C17H25NO3.3CH2O3/c1-14-12-18(23-5)11-6-15(14)13-19(22)21-17-9-7-16(8-10-17)20(2,3)4;1-12-7-5-6-8-17(12)19-18(20)11-16-13(2)9-15(21-4)10-14(16)3;1-12-10-16(21-3)7-4-13(12)11-17(19)18-14-5-8-15(20-2)9-6-14;3*2-1(3)4/h6,11-12,16-17H,7-10,13H2,1-5H3,(H,21,22);9-10,12,17H,5-8,11H2,1-4H3,(H,19,20);4,7,10,14-15H,5-6,8-9,11H2,1-3H3,(H,18,19);3*(H2,2,3,4). The van der Waals surface area contributed by atoms with E-state index in [0.717, 1.165) is 107 Å². The first-order valence-corrected chi connectivity index (χ1v) is 26.2. The molecule has 0 radical (unpaired) electrons. The van der Waals surface area contributed by atoms with Gasteiger partial charge >= 0.3 is 18.5 Å². The molecule has 3 aliphatic carbocycles. The van der Waals surface area contributed by atoms with Crippen LogP contribution in [0.25, 0.3) is 0 Å². The van der Waals surface area contributed by atoms with Gasteiger partial charge in [0.2, 0.25) is 17.7 Å². The Morgan fingerprint density at radius 2 is 0.857 bits per heavy atom. The summed E-state index contributed by atoms with van der Waals surface area (Å²) < 4.78 is 21.0. The molecule has 0 aliphatic heterocycles. The number of ether oxygens (including phenoxy) is 4. The molecule has 3 fully saturated rings. The predicted molar refractivity (Wildman–Crippen MR) is 295 cm³/mol. The lowest BCUT2D eigenvalue weighted by molar-refractivity contribution is -0.122. The maximum absolute atomic E-state index is 12.3. The molecule has 432 valence electrons. The van der Waals surface area contributed by atoms with E-state index in [4.69, 9.17) is 64.0 Å². The van der Waals surface area contributed by atoms with Gasteiger partial charge in [0, 0.05) is 25.2 Å². The quantitative estimate of drug-likeness (QED) is 0.0769.